The fourth-order valence-corrected chi connectivity index (χ4v) is 3.26. The van der Waals surface area contributed by atoms with Crippen molar-refractivity contribution in [2.45, 2.75) is 38.4 Å². The lowest BCUT2D eigenvalue weighted by molar-refractivity contribution is -0.146. The first-order valence-corrected chi connectivity index (χ1v) is 7.71. The second-order valence-corrected chi connectivity index (χ2v) is 8.53. The first-order chi connectivity index (χ1) is 8.99. The third-order valence-corrected chi connectivity index (χ3v) is 5.33. The summed E-state index contributed by atoms with van der Waals surface area (Å²) in [5.74, 6) is 0.136. The molecule has 1 saturated heterocycles. The van der Waals surface area contributed by atoms with Crippen LogP contribution in [0.4, 0.5) is 0 Å². The van der Waals surface area contributed by atoms with E-state index in [0.717, 1.165) is 0 Å². The normalized spacial score (nSPS) is 29.3. The highest BCUT2D eigenvalue weighted by atomic mass is 35.5. The number of rotatable bonds is 1. The van der Waals surface area contributed by atoms with E-state index in [2.05, 4.69) is 0 Å². The Morgan fingerprint density at radius 3 is 1.75 bits per heavy atom. The molecule has 4 nitrogen and oxygen atoms in total. The molecule has 0 aromatic rings. The van der Waals surface area contributed by atoms with Gasteiger partial charge in [0.15, 0.2) is 0 Å². The molecule has 114 valence electrons. The highest BCUT2D eigenvalue weighted by Crippen LogP contribution is 2.64. The Bertz CT molecular complexity index is 437. The van der Waals surface area contributed by atoms with E-state index in [0.29, 0.717) is 32.6 Å². The van der Waals surface area contributed by atoms with Crippen molar-refractivity contribution in [3.8, 4) is 0 Å². The third-order valence-electron chi connectivity index (χ3n) is 4.23. The van der Waals surface area contributed by atoms with Crippen LogP contribution in [-0.4, -0.2) is 52.1 Å². The Morgan fingerprint density at radius 1 is 1.00 bits per heavy atom. The van der Waals surface area contributed by atoms with Gasteiger partial charge in [-0.1, -0.05) is 20.8 Å². The van der Waals surface area contributed by atoms with Gasteiger partial charge in [-0.2, -0.15) is 0 Å². The van der Waals surface area contributed by atoms with E-state index in [4.69, 9.17) is 23.2 Å². The van der Waals surface area contributed by atoms with Crippen LogP contribution < -0.4 is 0 Å². The van der Waals surface area contributed by atoms with Crippen LogP contribution in [0.2, 0.25) is 0 Å². The first kappa shape index (κ1) is 15.9. The third kappa shape index (κ3) is 2.64. The molecule has 2 amide bonds. The van der Waals surface area contributed by atoms with Crippen molar-refractivity contribution in [2.75, 3.05) is 26.2 Å². The van der Waals surface area contributed by atoms with E-state index in [1.807, 2.05) is 32.6 Å². The number of nitrogens with zero attached hydrogens (tertiary/aromatic N) is 2. The van der Waals surface area contributed by atoms with Gasteiger partial charge in [0.1, 0.15) is 4.33 Å². The van der Waals surface area contributed by atoms with E-state index in [9.17, 15) is 9.59 Å². The maximum atomic E-state index is 12.4. The van der Waals surface area contributed by atoms with Crippen LogP contribution in [-0.2, 0) is 9.59 Å². The lowest BCUT2D eigenvalue weighted by atomic mass is 9.94. The Kier molecular flexibility index (Phi) is 3.79. The summed E-state index contributed by atoms with van der Waals surface area (Å²) >= 11 is 12.1. The van der Waals surface area contributed by atoms with Gasteiger partial charge in [0.25, 0.3) is 0 Å². The molecule has 1 saturated carbocycles. The Morgan fingerprint density at radius 2 is 1.40 bits per heavy atom. The van der Waals surface area contributed by atoms with E-state index < -0.39 is 9.75 Å². The van der Waals surface area contributed by atoms with E-state index in [1.54, 1.807) is 4.90 Å². The van der Waals surface area contributed by atoms with Gasteiger partial charge in [0.05, 0.1) is 5.41 Å². The monoisotopic (exact) mass is 320 g/mol. The number of hydrogen-bond acceptors (Lipinski definition) is 2. The minimum atomic E-state index is -0.928. The fourth-order valence-electron chi connectivity index (χ4n) is 2.57. The van der Waals surface area contributed by atoms with Crippen molar-refractivity contribution in [1.82, 2.24) is 9.80 Å². The maximum Gasteiger partial charge on any atom is 0.231 e. The summed E-state index contributed by atoms with van der Waals surface area (Å²) < 4.78 is -0.928. The molecule has 20 heavy (non-hydrogen) atoms. The number of hydrogen-bond donors (Lipinski definition) is 0. The fraction of sp³-hybridized carbons (Fsp3) is 0.857. The van der Waals surface area contributed by atoms with Crippen LogP contribution in [0, 0.1) is 10.8 Å². The Balaban J connectivity index is 1.93. The molecular formula is C14H22Cl2N2O2. The first-order valence-electron chi connectivity index (χ1n) is 6.96. The van der Waals surface area contributed by atoms with Gasteiger partial charge in [-0.15, -0.1) is 23.2 Å². The summed E-state index contributed by atoms with van der Waals surface area (Å²) in [6.45, 7) is 9.81. The average Bonchev–Trinajstić information content (AvgIpc) is 2.87. The van der Waals surface area contributed by atoms with E-state index >= 15 is 0 Å². The predicted molar refractivity (Wildman–Crippen MR) is 79.8 cm³/mol. The molecule has 1 unspecified atom stereocenters. The zero-order valence-corrected chi connectivity index (χ0v) is 14.0. The van der Waals surface area contributed by atoms with Gasteiger partial charge in [0.2, 0.25) is 11.8 Å². The molecule has 0 spiro atoms. The zero-order chi connectivity index (χ0) is 15.3. The van der Waals surface area contributed by atoms with Crippen LogP contribution in [0.15, 0.2) is 0 Å². The molecule has 2 aliphatic rings. The SMILES string of the molecule is CC(C)(C)C(=O)N1CCN(C(=O)C2(C)CC2(Cl)Cl)CC1. The zero-order valence-electron chi connectivity index (χ0n) is 12.5. The van der Waals surface area contributed by atoms with Crippen molar-refractivity contribution in [3.63, 3.8) is 0 Å². The molecule has 0 radical (unpaired) electrons. The van der Waals surface area contributed by atoms with Crippen LogP contribution in [0.25, 0.3) is 0 Å². The van der Waals surface area contributed by atoms with Gasteiger partial charge in [-0.3, -0.25) is 9.59 Å². The summed E-state index contributed by atoms with van der Waals surface area (Å²) in [5, 5.41) is 0. The number of alkyl halides is 2. The van der Waals surface area contributed by atoms with Crippen molar-refractivity contribution >= 4 is 35.0 Å². The van der Waals surface area contributed by atoms with Gasteiger partial charge in [-0.05, 0) is 13.3 Å². The second-order valence-electron chi connectivity index (χ2n) is 7.05. The van der Waals surface area contributed by atoms with E-state index in [-0.39, 0.29) is 17.2 Å². The summed E-state index contributed by atoms with van der Waals surface area (Å²) in [4.78, 5) is 28.2. The largest absolute Gasteiger partial charge is 0.339 e. The summed E-state index contributed by atoms with van der Waals surface area (Å²) in [7, 11) is 0. The minimum Gasteiger partial charge on any atom is -0.339 e. The second kappa shape index (κ2) is 4.77. The standard InChI is InChI=1S/C14H22Cl2N2O2/c1-12(2,3)10(19)17-5-7-18(8-6-17)11(20)13(4)9-14(13,15)16/h5-9H2,1-4H3. The lowest BCUT2D eigenvalue weighted by Crippen LogP contribution is -2.54. The minimum absolute atomic E-state index is 0.00496. The molecule has 1 atom stereocenters. The van der Waals surface area contributed by atoms with Crippen molar-refractivity contribution in [1.29, 1.82) is 0 Å². The summed E-state index contributed by atoms with van der Waals surface area (Å²) in [6, 6.07) is 0. The quantitative estimate of drug-likeness (QED) is 0.695. The van der Waals surface area contributed by atoms with Gasteiger partial charge in [-0.25, -0.2) is 0 Å². The molecule has 2 rings (SSSR count). The van der Waals surface area contributed by atoms with Crippen LogP contribution in [0.5, 0.6) is 0 Å². The van der Waals surface area contributed by atoms with Crippen molar-refractivity contribution < 1.29 is 9.59 Å². The number of amides is 2. The van der Waals surface area contributed by atoms with Crippen LogP contribution in [0.1, 0.15) is 34.1 Å². The molecule has 0 N–H and O–H groups in total. The van der Waals surface area contributed by atoms with Gasteiger partial charge in [0, 0.05) is 31.6 Å². The van der Waals surface area contributed by atoms with Crippen molar-refractivity contribution in [3.05, 3.63) is 0 Å². The highest BCUT2D eigenvalue weighted by molar-refractivity contribution is 6.53. The molecular weight excluding hydrogens is 299 g/mol. The number of piperazine rings is 1. The molecule has 0 aromatic heterocycles. The summed E-state index contributed by atoms with van der Waals surface area (Å²) in [5.41, 5.74) is -1.04. The maximum absolute atomic E-state index is 12.4. The number of carbonyl (C=O) groups excluding carboxylic acids is 2. The topological polar surface area (TPSA) is 40.6 Å². The molecule has 1 aliphatic heterocycles. The molecule has 0 bridgehead atoms. The number of carbonyl (C=O) groups is 2. The van der Waals surface area contributed by atoms with Crippen molar-refractivity contribution in [2.24, 2.45) is 10.8 Å². The molecule has 6 heteroatoms. The molecule has 0 aromatic carbocycles. The van der Waals surface area contributed by atoms with E-state index in [1.165, 1.54) is 0 Å². The average molecular weight is 321 g/mol. The van der Waals surface area contributed by atoms with Gasteiger partial charge < -0.3 is 9.80 Å². The number of halogens is 2. The van der Waals surface area contributed by atoms with Gasteiger partial charge >= 0.3 is 0 Å². The Hall–Kier alpha value is -0.480. The lowest BCUT2D eigenvalue weighted by Gasteiger charge is -2.38. The highest BCUT2D eigenvalue weighted by Gasteiger charge is 2.68. The summed E-state index contributed by atoms with van der Waals surface area (Å²) in [6.07, 6.45) is 0.503. The predicted octanol–water partition coefficient (Wildman–Crippen LogP) is 2.29. The smallest absolute Gasteiger partial charge is 0.231 e. The molecule has 1 aliphatic carbocycles. The molecule has 1 heterocycles. The molecule has 2 fully saturated rings. The Labute approximate surface area is 130 Å². The van der Waals surface area contributed by atoms with Crippen LogP contribution >= 0.6 is 23.2 Å². The van der Waals surface area contributed by atoms with Crippen LogP contribution in [0.3, 0.4) is 0 Å².